The van der Waals surface area contributed by atoms with Gasteiger partial charge in [0.15, 0.2) is 0 Å². The number of aryl methyl sites for hydroxylation is 1. The molecule has 0 unspecified atom stereocenters. The standard InChI is InChI=1S/C21H22F2N6O/c1-28-10-13(9-24)16(11-28)21(30)26-15-7-5-14(6-8-15)25-18-3-2-4-19-27-17(20(22)23)12-29(18)19/h2-4,10-12,14-15,20,25H,5-8H2,1H3,(H,26,30). The van der Waals surface area contributed by atoms with E-state index < -0.39 is 6.43 Å². The zero-order valence-electron chi connectivity index (χ0n) is 16.5. The van der Waals surface area contributed by atoms with Crippen molar-refractivity contribution in [3.05, 3.63) is 53.6 Å². The number of nitriles is 1. The van der Waals surface area contributed by atoms with Gasteiger partial charge in [0, 0.05) is 37.7 Å². The third-order valence-corrected chi connectivity index (χ3v) is 5.47. The van der Waals surface area contributed by atoms with Gasteiger partial charge in [0.2, 0.25) is 0 Å². The van der Waals surface area contributed by atoms with E-state index in [0.717, 1.165) is 31.5 Å². The van der Waals surface area contributed by atoms with E-state index in [-0.39, 0.29) is 23.7 Å². The largest absolute Gasteiger partial charge is 0.368 e. The molecule has 156 valence electrons. The van der Waals surface area contributed by atoms with Crippen LogP contribution in [0.15, 0.2) is 36.8 Å². The van der Waals surface area contributed by atoms with E-state index in [1.807, 2.05) is 12.1 Å². The number of carbonyl (C=O) groups is 1. The van der Waals surface area contributed by atoms with Crippen molar-refractivity contribution in [1.29, 1.82) is 5.26 Å². The molecule has 3 aromatic heterocycles. The Bertz CT molecular complexity index is 1100. The molecule has 0 spiro atoms. The molecule has 1 saturated carbocycles. The molecule has 0 bridgehead atoms. The smallest absolute Gasteiger partial charge is 0.281 e. The molecule has 3 heterocycles. The summed E-state index contributed by atoms with van der Waals surface area (Å²) in [5.41, 5.74) is 0.990. The highest BCUT2D eigenvalue weighted by molar-refractivity contribution is 5.96. The van der Waals surface area contributed by atoms with Crippen LogP contribution in [0.4, 0.5) is 14.6 Å². The van der Waals surface area contributed by atoms with Gasteiger partial charge in [0.1, 0.15) is 23.2 Å². The second kappa shape index (κ2) is 8.14. The van der Waals surface area contributed by atoms with Crippen molar-refractivity contribution in [2.45, 2.75) is 44.2 Å². The van der Waals surface area contributed by atoms with Gasteiger partial charge in [-0.15, -0.1) is 0 Å². The summed E-state index contributed by atoms with van der Waals surface area (Å²) in [5, 5.41) is 15.6. The van der Waals surface area contributed by atoms with Crippen LogP contribution in [0.5, 0.6) is 0 Å². The molecule has 1 amide bonds. The normalized spacial score (nSPS) is 19.0. The fourth-order valence-electron chi connectivity index (χ4n) is 3.96. The number of aromatic nitrogens is 3. The molecule has 1 aliphatic carbocycles. The number of anilines is 1. The molecular weight excluding hydrogens is 390 g/mol. The van der Waals surface area contributed by atoms with Gasteiger partial charge < -0.3 is 15.2 Å². The minimum atomic E-state index is -2.61. The lowest BCUT2D eigenvalue weighted by atomic mass is 9.91. The van der Waals surface area contributed by atoms with Crippen LogP contribution in [0.25, 0.3) is 5.65 Å². The summed E-state index contributed by atoms with van der Waals surface area (Å²) >= 11 is 0. The number of hydrogen-bond acceptors (Lipinski definition) is 4. The molecule has 1 aliphatic rings. The number of alkyl halides is 2. The first-order chi connectivity index (χ1) is 14.4. The van der Waals surface area contributed by atoms with Gasteiger partial charge in [0.05, 0.1) is 11.1 Å². The Labute approximate surface area is 172 Å². The zero-order valence-corrected chi connectivity index (χ0v) is 16.5. The molecule has 7 nitrogen and oxygen atoms in total. The highest BCUT2D eigenvalue weighted by atomic mass is 19.3. The topological polar surface area (TPSA) is 87.1 Å². The summed E-state index contributed by atoms with van der Waals surface area (Å²) < 4.78 is 29.3. The van der Waals surface area contributed by atoms with E-state index in [4.69, 9.17) is 5.26 Å². The van der Waals surface area contributed by atoms with E-state index in [0.29, 0.717) is 16.8 Å². The first kappa shape index (κ1) is 19.9. The summed E-state index contributed by atoms with van der Waals surface area (Å²) in [7, 11) is 1.78. The Hall–Kier alpha value is -3.41. The van der Waals surface area contributed by atoms with Crippen LogP contribution in [0, 0.1) is 11.3 Å². The van der Waals surface area contributed by atoms with Gasteiger partial charge in [-0.3, -0.25) is 9.20 Å². The molecule has 3 aromatic rings. The Morgan fingerprint density at radius 3 is 2.63 bits per heavy atom. The Morgan fingerprint density at radius 2 is 1.93 bits per heavy atom. The number of hydrogen-bond donors (Lipinski definition) is 2. The van der Waals surface area contributed by atoms with E-state index in [1.165, 1.54) is 6.20 Å². The van der Waals surface area contributed by atoms with Crippen LogP contribution in [0.2, 0.25) is 0 Å². The number of rotatable bonds is 5. The number of carbonyl (C=O) groups excluding carboxylic acids is 1. The SMILES string of the molecule is Cn1cc(C#N)c(C(=O)NC2CCC(Nc3cccc4nc(C(F)F)cn34)CC2)c1. The average molecular weight is 412 g/mol. The second-order valence-corrected chi connectivity index (χ2v) is 7.63. The maximum Gasteiger partial charge on any atom is 0.281 e. The van der Waals surface area contributed by atoms with E-state index in [2.05, 4.69) is 15.6 Å². The second-order valence-electron chi connectivity index (χ2n) is 7.63. The Balaban J connectivity index is 1.37. The van der Waals surface area contributed by atoms with Gasteiger partial charge in [-0.2, -0.15) is 5.26 Å². The van der Waals surface area contributed by atoms with Crippen LogP contribution in [-0.4, -0.2) is 31.9 Å². The molecule has 0 aliphatic heterocycles. The number of imidazole rings is 1. The summed E-state index contributed by atoms with van der Waals surface area (Å²) in [6.45, 7) is 0. The average Bonchev–Trinajstić information content (AvgIpc) is 3.33. The van der Waals surface area contributed by atoms with Crippen molar-refractivity contribution in [3.63, 3.8) is 0 Å². The lowest BCUT2D eigenvalue weighted by molar-refractivity contribution is 0.0926. The number of nitrogens with one attached hydrogen (secondary N) is 2. The third kappa shape index (κ3) is 3.99. The van der Waals surface area contributed by atoms with Gasteiger partial charge in [-0.25, -0.2) is 13.8 Å². The maximum absolute atomic E-state index is 13.0. The first-order valence-corrected chi connectivity index (χ1v) is 9.84. The summed E-state index contributed by atoms with van der Waals surface area (Å²) in [4.78, 5) is 16.5. The van der Waals surface area contributed by atoms with Crippen molar-refractivity contribution >= 4 is 17.4 Å². The molecule has 30 heavy (non-hydrogen) atoms. The van der Waals surface area contributed by atoms with E-state index >= 15 is 0 Å². The Kier molecular flexibility index (Phi) is 5.40. The minimum Gasteiger partial charge on any atom is -0.368 e. The molecule has 0 radical (unpaired) electrons. The van der Waals surface area contributed by atoms with Crippen molar-refractivity contribution < 1.29 is 13.6 Å². The van der Waals surface area contributed by atoms with Crippen molar-refractivity contribution in [1.82, 2.24) is 19.3 Å². The fraction of sp³-hybridized carbons (Fsp3) is 0.381. The highest BCUT2D eigenvalue weighted by Crippen LogP contribution is 2.25. The van der Waals surface area contributed by atoms with Crippen molar-refractivity contribution in [2.24, 2.45) is 7.05 Å². The quantitative estimate of drug-likeness (QED) is 0.670. The van der Waals surface area contributed by atoms with Crippen molar-refractivity contribution in [2.75, 3.05) is 5.32 Å². The van der Waals surface area contributed by atoms with Gasteiger partial charge in [-0.05, 0) is 37.8 Å². The number of pyridine rings is 1. The van der Waals surface area contributed by atoms with Gasteiger partial charge in [-0.1, -0.05) is 6.07 Å². The van der Waals surface area contributed by atoms with E-state index in [1.54, 1.807) is 40.5 Å². The zero-order chi connectivity index (χ0) is 21.3. The summed E-state index contributed by atoms with van der Waals surface area (Å²) in [6, 6.07) is 7.59. The molecule has 1 fully saturated rings. The van der Waals surface area contributed by atoms with Crippen molar-refractivity contribution in [3.8, 4) is 6.07 Å². The Morgan fingerprint density at radius 1 is 1.20 bits per heavy atom. The van der Waals surface area contributed by atoms with Crippen LogP contribution in [0.3, 0.4) is 0 Å². The predicted octanol–water partition coefficient (Wildman–Crippen LogP) is 3.64. The molecule has 0 saturated heterocycles. The van der Waals surface area contributed by atoms with E-state index in [9.17, 15) is 13.6 Å². The molecule has 4 rings (SSSR count). The highest BCUT2D eigenvalue weighted by Gasteiger charge is 2.25. The first-order valence-electron chi connectivity index (χ1n) is 9.84. The van der Waals surface area contributed by atoms with Gasteiger partial charge in [0.25, 0.3) is 12.3 Å². The predicted molar refractivity (Wildman–Crippen MR) is 107 cm³/mol. The molecule has 0 aromatic carbocycles. The molecular formula is C21H22F2N6O. The van der Waals surface area contributed by atoms with Crippen LogP contribution in [0.1, 0.15) is 53.7 Å². The lowest BCUT2D eigenvalue weighted by Crippen LogP contribution is -2.40. The number of nitrogens with zero attached hydrogens (tertiary/aromatic N) is 4. The molecule has 2 N–H and O–H groups in total. The maximum atomic E-state index is 13.0. The van der Waals surface area contributed by atoms with Crippen LogP contribution < -0.4 is 10.6 Å². The number of fused-ring (bicyclic) bond motifs is 1. The summed E-state index contributed by atoms with van der Waals surface area (Å²) in [6.07, 6.45) is 5.28. The number of halogens is 2. The minimum absolute atomic E-state index is 0.0387. The van der Waals surface area contributed by atoms with Gasteiger partial charge >= 0.3 is 0 Å². The summed E-state index contributed by atoms with van der Waals surface area (Å²) in [5.74, 6) is 0.494. The monoisotopic (exact) mass is 412 g/mol. The van der Waals surface area contributed by atoms with Crippen LogP contribution >= 0.6 is 0 Å². The molecule has 0 atom stereocenters. The molecule has 9 heteroatoms. The third-order valence-electron chi connectivity index (χ3n) is 5.47. The fourth-order valence-corrected chi connectivity index (χ4v) is 3.96. The van der Waals surface area contributed by atoms with Crippen LogP contribution in [-0.2, 0) is 7.05 Å². The number of amides is 1. The lowest BCUT2D eigenvalue weighted by Gasteiger charge is -2.30.